The van der Waals surface area contributed by atoms with Gasteiger partial charge in [0, 0.05) is 11.8 Å². The van der Waals surface area contributed by atoms with Crippen LogP contribution in [0.5, 0.6) is 0 Å². The lowest BCUT2D eigenvalue weighted by molar-refractivity contribution is -0.170. The van der Waals surface area contributed by atoms with Gasteiger partial charge in [-0.15, -0.1) is 0 Å². The monoisotopic (exact) mass is 146 g/mol. The Morgan fingerprint density at radius 2 is 1.73 bits per heavy atom. The van der Waals surface area contributed by atoms with Crippen molar-refractivity contribution in [1.29, 1.82) is 0 Å². The van der Waals surface area contributed by atoms with E-state index < -0.39 is 0 Å². The second-order valence-corrected chi connectivity index (χ2v) is 5.33. The fraction of sp³-hybridized carbons (Fsp3) is 0.900. The van der Waals surface area contributed by atoms with E-state index in [0.29, 0.717) is 17.6 Å². The van der Waals surface area contributed by atoms with Crippen molar-refractivity contribution in [3.05, 3.63) is 0 Å². The third-order valence-corrected chi connectivity index (χ3v) is 5.72. The Morgan fingerprint density at radius 1 is 0.909 bits per heavy atom. The summed E-state index contributed by atoms with van der Waals surface area (Å²) in [5, 5.41) is 0. The molecule has 6 fully saturated rings. The molecule has 0 aromatic carbocycles. The number of ketones is 1. The maximum Gasteiger partial charge on any atom is 0.140 e. The average Bonchev–Trinajstić information content (AvgIpc) is 2.40. The molecule has 1 heteroatoms. The largest absolute Gasteiger partial charge is 0.299 e. The first-order chi connectivity index (χ1) is 5.39. The summed E-state index contributed by atoms with van der Waals surface area (Å²) in [7, 11) is 0. The minimum absolute atomic E-state index is 0.602. The normalized spacial score (nSPS) is 84.2. The van der Waals surface area contributed by atoms with Crippen molar-refractivity contribution in [3.63, 3.8) is 0 Å². The second-order valence-electron chi connectivity index (χ2n) is 5.33. The maximum atomic E-state index is 11.7. The minimum Gasteiger partial charge on any atom is -0.299 e. The molecule has 0 spiro atoms. The van der Waals surface area contributed by atoms with Crippen molar-refractivity contribution in [2.24, 2.45) is 47.3 Å². The molecule has 0 unspecified atom stereocenters. The zero-order chi connectivity index (χ0) is 6.90. The van der Waals surface area contributed by atoms with Gasteiger partial charge in [-0.25, -0.2) is 0 Å². The van der Waals surface area contributed by atoms with E-state index in [4.69, 9.17) is 0 Å². The number of rotatable bonds is 0. The molecule has 6 aliphatic rings. The van der Waals surface area contributed by atoms with Gasteiger partial charge in [-0.2, -0.15) is 0 Å². The zero-order valence-corrected chi connectivity index (χ0v) is 6.23. The highest BCUT2D eigenvalue weighted by Gasteiger charge is 2.87. The van der Waals surface area contributed by atoms with Crippen LogP contribution in [0.25, 0.3) is 0 Å². The highest BCUT2D eigenvalue weighted by molar-refractivity contribution is 5.93. The van der Waals surface area contributed by atoms with E-state index in [-0.39, 0.29) is 0 Å². The Labute approximate surface area is 65.2 Å². The summed E-state index contributed by atoms with van der Waals surface area (Å²) in [6.45, 7) is 0. The number of carbonyl (C=O) groups excluding carboxylic acids is 1. The topological polar surface area (TPSA) is 17.1 Å². The molecular formula is C10H10O. The molecule has 6 aliphatic carbocycles. The molecule has 8 atom stereocenters. The Hall–Kier alpha value is -0.330. The molecule has 11 heavy (non-hydrogen) atoms. The fourth-order valence-corrected chi connectivity index (χ4v) is 5.83. The summed E-state index contributed by atoms with van der Waals surface area (Å²) in [5.41, 5.74) is 0. The third-order valence-electron chi connectivity index (χ3n) is 5.72. The van der Waals surface area contributed by atoms with Crippen LogP contribution in [0.4, 0.5) is 0 Å². The van der Waals surface area contributed by atoms with E-state index in [0.717, 1.165) is 35.5 Å². The SMILES string of the molecule is O=C1[C@H]2[C@@H]3[C@@H]4[C@H]5C[C@H]([C@H]1[C@H]53)[C@@H]24. The Kier molecular flexibility index (Phi) is 0.400. The lowest BCUT2D eigenvalue weighted by Crippen LogP contribution is -2.60. The highest BCUT2D eigenvalue weighted by Crippen LogP contribution is 2.87. The summed E-state index contributed by atoms with van der Waals surface area (Å²) in [5.74, 6) is 7.70. The smallest absolute Gasteiger partial charge is 0.140 e. The van der Waals surface area contributed by atoms with Gasteiger partial charge in [0.15, 0.2) is 0 Å². The minimum atomic E-state index is 0.602. The molecule has 0 aliphatic heterocycles. The van der Waals surface area contributed by atoms with E-state index in [1.54, 1.807) is 0 Å². The maximum absolute atomic E-state index is 11.7. The van der Waals surface area contributed by atoms with E-state index in [1.807, 2.05) is 0 Å². The lowest BCUT2D eigenvalue weighted by Gasteiger charge is -2.62. The van der Waals surface area contributed by atoms with Crippen LogP contribution in [0, 0.1) is 47.3 Å². The summed E-state index contributed by atoms with van der Waals surface area (Å²) < 4.78 is 0. The van der Waals surface area contributed by atoms with Gasteiger partial charge in [0.05, 0.1) is 0 Å². The van der Waals surface area contributed by atoms with Crippen LogP contribution < -0.4 is 0 Å². The lowest BCUT2D eigenvalue weighted by atomic mass is 9.41. The third kappa shape index (κ3) is 0.213. The van der Waals surface area contributed by atoms with Crippen LogP contribution in [0.2, 0.25) is 0 Å². The van der Waals surface area contributed by atoms with E-state index >= 15 is 0 Å². The van der Waals surface area contributed by atoms with Gasteiger partial charge in [-0.3, -0.25) is 4.79 Å². The predicted molar refractivity (Wildman–Crippen MR) is 37.5 cm³/mol. The van der Waals surface area contributed by atoms with Crippen molar-refractivity contribution in [2.45, 2.75) is 6.42 Å². The summed E-state index contributed by atoms with van der Waals surface area (Å²) in [4.78, 5) is 11.7. The van der Waals surface area contributed by atoms with Crippen molar-refractivity contribution >= 4 is 5.78 Å². The molecule has 0 radical (unpaired) electrons. The molecular weight excluding hydrogens is 136 g/mol. The van der Waals surface area contributed by atoms with Gasteiger partial charge in [-0.05, 0) is 41.9 Å². The van der Waals surface area contributed by atoms with E-state index in [9.17, 15) is 4.79 Å². The first-order valence-corrected chi connectivity index (χ1v) is 4.93. The first-order valence-electron chi connectivity index (χ1n) is 4.93. The van der Waals surface area contributed by atoms with Gasteiger partial charge >= 0.3 is 0 Å². The van der Waals surface area contributed by atoms with Gasteiger partial charge in [0.1, 0.15) is 5.78 Å². The standard InChI is InChI=1S/C10H10O/c11-10-7-3-1-2-4-5(3)9(10)8(4)6(2)7/h2-9H,1H2/t2-,3+,4-,5-,6+,7+,8-,9-/m1/s1. The summed E-state index contributed by atoms with van der Waals surface area (Å²) >= 11 is 0. The molecule has 1 nitrogen and oxygen atoms in total. The van der Waals surface area contributed by atoms with E-state index in [2.05, 4.69) is 0 Å². The van der Waals surface area contributed by atoms with Crippen LogP contribution in [0.3, 0.4) is 0 Å². The van der Waals surface area contributed by atoms with E-state index in [1.165, 1.54) is 6.42 Å². The zero-order valence-electron chi connectivity index (χ0n) is 6.23. The van der Waals surface area contributed by atoms with Crippen molar-refractivity contribution in [2.75, 3.05) is 0 Å². The predicted octanol–water partition coefficient (Wildman–Crippen LogP) is 0.943. The second kappa shape index (κ2) is 0.949. The molecule has 4 bridgehead atoms. The molecule has 6 rings (SSSR count). The van der Waals surface area contributed by atoms with Crippen molar-refractivity contribution < 1.29 is 4.79 Å². The number of Topliss-reactive ketones (excluding diaryl/α,β-unsaturated/α-hetero) is 1. The van der Waals surface area contributed by atoms with Gasteiger partial charge in [-0.1, -0.05) is 0 Å². The molecule has 0 saturated heterocycles. The number of hydrogen-bond donors (Lipinski definition) is 0. The van der Waals surface area contributed by atoms with Gasteiger partial charge in [0.25, 0.3) is 0 Å². The van der Waals surface area contributed by atoms with Gasteiger partial charge < -0.3 is 0 Å². The van der Waals surface area contributed by atoms with Crippen LogP contribution >= 0.6 is 0 Å². The van der Waals surface area contributed by atoms with Crippen LogP contribution in [0.1, 0.15) is 6.42 Å². The Morgan fingerprint density at radius 3 is 2.36 bits per heavy atom. The first kappa shape index (κ1) is 4.64. The average molecular weight is 146 g/mol. The molecule has 0 heterocycles. The summed E-state index contributed by atoms with van der Waals surface area (Å²) in [6.07, 6.45) is 1.45. The molecule has 56 valence electrons. The molecule has 0 aromatic rings. The molecule has 0 aromatic heterocycles. The van der Waals surface area contributed by atoms with Crippen LogP contribution in [0.15, 0.2) is 0 Å². The Bertz CT molecular complexity index is 304. The summed E-state index contributed by atoms with van der Waals surface area (Å²) in [6, 6.07) is 0. The van der Waals surface area contributed by atoms with Crippen LogP contribution in [-0.4, -0.2) is 5.78 Å². The number of carbonyl (C=O) groups is 1. The van der Waals surface area contributed by atoms with Crippen molar-refractivity contribution in [1.82, 2.24) is 0 Å². The van der Waals surface area contributed by atoms with Gasteiger partial charge in [0.2, 0.25) is 0 Å². The fourth-order valence-electron chi connectivity index (χ4n) is 5.83. The Balaban J connectivity index is 1.94. The molecule has 6 saturated carbocycles. The number of hydrogen-bond acceptors (Lipinski definition) is 1. The van der Waals surface area contributed by atoms with Crippen molar-refractivity contribution in [3.8, 4) is 0 Å². The van der Waals surface area contributed by atoms with Crippen LogP contribution in [-0.2, 0) is 4.79 Å². The highest BCUT2D eigenvalue weighted by atomic mass is 16.1. The molecule has 0 N–H and O–H groups in total. The quantitative estimate of drug-likeness (QED) is 0.497. The molecule has 0 amide bonds.